The van der Waals surface area contributed by atoms with Crippen LogP contribution in [0.4, 0.5) is 0 Å². The molecule has 1 N–H and O–H groups in total. The zero-order valence-electron chi connectivity index (χ0n) is 11.9. The number of nitrogens with one attached hydrogen (secondary N) is 1. The van der Waals surface area contributed by atoms with Crippen LogP contribution in [0.2, 0.25) is 0 Å². The van der Waals surface area contributed by atoms with E-state index in [-0.39, 0.29) is 24.2 Å². The van der Waals surface area contributed by atoms with Gasteiger partial charge in [0.05, 0.1) is 12.5 Å². The third-order valence-corrected chi connectivity index (χ3v) is 3.38. The smallest absolute Gasteiger partial charge is 0.228 e. The van der Waals surface area contributed by atoms with Gasteiger partial charge in [-0.25, -0.2) is 0 Å². The summed E-state index contributed by atoms with van der Waals surface area (Å²) >= 11 is 0. The SMILES string of the molecule is CCOc1ccccc1CN(C)C(=O)C1CNC(=O)C1. The molecule has 5 nitrogen and oxygen atoms in total. The Morgan fingerprint density at radius 3 is 2.85 bits per heavy atom. The quantitative estimate of drug-likeness (QED) is 0.878. The van der Waals surface area contributed by atoms with Crippen LogP contribution in [0.15, 0.2) is 24.3 Å². The van der Waals surface area contributed by atoms with Crippen LogP contribution in [0, 0.1) is 5.92 Å². The first kappa shape index (κ1) is 14.4. The standard InChI is InChI=1S/C15H20N2O3/c1-3-20-13-7-5-4-6-11(13)10-17(2)15(19)12-8-14(18)16-9-12/h4-7,12H,3,8-10H2,1-2H3,(H,16,18). The molecule has 108 valence electrons. The summed E-state index contributed by atoms with van der Waals surface area (Å²) in [6.07, 6.45) is 0.288. The molecule has 2 rings (SSSR count). The zero-order chi connectivity index (χ0) is 14.5. The van der Waals surface area contributed by atoms with Crippen molar-refractivity contribution >= 4 is 11.8 Å². The summed E-state index contributed by atoms with van der Waals surface area (Å²) in [5.74, 6) is 0.503. The van der Waals surface area contributed by atoms with Crippen molar-refractivity contribution in [1.29, 1.82) is 0 Å². The second kappa shape index (κ2) is 6.41. The average molecular weight is 276 g/mol. The van der Waals surface area contributed by atoms with Gasteiger partial charge in [0.2, 0.25) is 11.8 Å². The van der Waals surface area contributed by atoms with Gasteiger partial charge in [-0.3, -0.25) is 9.59 Å². The maximum absolute atomic E-state index is 12.3. The van der Waals surface area contributed by atoms with Gasteiger partial charge in [-0.2, -0.15) is 0 Å². The zero-order valence-corrected chi connectivity index (χ0v) is 11.9. The Kier molecular flexibility index (Phi) is 4.61. The van der Waals surface area contributed by atoms with Crippen LogP contribution in [0.5, 0.6) is 5.75 Å². The maximum Gasteiger partial charge on any atom is 0.228 e. The molecule has 0 bridgehead atoms. The summed E-state index contributed by atoms with van der Waals surface area (Å²) in [6, 6.07) is 7.69. The molecule has 1 saturated heterocycles. The van der Waals surface area contributed by atoms with Crippen LogP contribution in [0.25, 0.3) is 0 Å². The van der Waals surface area contributed by atoms with E-state index < -0.39 is 0 Å². The van der Waals surface area contributed by atoms with E-state index in [0.717, 1.165) is 11.3 Å². The molecule has 0 aliphatic carbocycles. The van der Waals surface area contributed by atoms with Crippen molar-refractivity contribution in [2.24, 2.45) is 5.92 Å². The summed E-state index contributed by atoms with van der Waals surface area (Å²) in [5, 5.41) is 2.69. The van der Waals surface area contributed by atoms with E-state index in [1.165, 1.54) is 0 Å². The Labute approximate surface area is 118 Å². The van der Waals surface area contributed by atoms with Crippen molar-refractivity contribution in [2.75, 3.05) is 20.2 Å². The van der Waals surface area contributed by atoms with E-state index in [9.17, 15) is 9.59 Å². The van der Waals surface area contributed by atoms with Crippen LogP contribution in [-0.2, 0) is 16.1 Å². The molecule has 1 aliphatic rings. The topological polar surface area (TPSA) is 58.6 Å². The first-order chi connectivity index (χ1) is 9.61. The van der Waals surface area contributed by atoms with Crippen LogP contribution < -0.4 is 10.1 Å². The normalized spacial score (nSPS) is 17.7. The summed E-state index contributed by atoms with van der Waals surface area (Å²) in [6.45, 7) is 3.45. The van der Waals surface area contributed by atoms with E-state index in [2.05, 4.69) is 5.32 Å². The molecule has 1 aliphatic heterocycles. The van der Waals surface area contributed by atoms with E-state index in [1.54, 1.807) is 11.9 Å². The second-order valence-electron chi connectivity index (χ2n) is 4.94. The molecule has 1 aromatic carbocycles. The van der Waals surface area contributed by atoms with E-state index >= 15 is 0 Å². The van der Waals surface area contributed by atoms with Crippen LogP contribution >= 0.6 is 0 Å². The second-order valence-corrected chi connectivity index (χ2v) is 4.94. The van der Waals surface area contributed by atoms with Gasteiger partial charge in [0, 0.05) is 32.1 Å². The van der Waals surface area contributed by atoms with Gasteiger partial charge in [0.15, 0.2) is 0 Å². The molecular weight excluding hydrogens is 256 g/mol. The lowest BCUT2D eigenvalue weighted by Gasteiger charge is -2.21. The van der Waals surface area contributed by atoms with Crippen molar-refractivity contribution in [1.82, 2.24) is 10.2 Å². The monoisotopic (exact) mass is 276 g/mol. The molecule has 1 heterocycles. The van der Waals surface area contributed by atoms with Gasteiger partial charge >= 0.3 is 0 Å². The molecule has 20 heavy (non-hydrogen) atoms. The molecule has 1 unspecified atom stereocenters. The van der Waals surface area contributed by atoms with Gasteiger partial charge < -0.3 is 15.0 Å². The number of carbonyl (C=O) groups is 2. The first-order valence-corrected chi connectivity index (χ1v) is 6.84. The molecule has 1 fully saturated rings. The molecule has 2 amide bonds. The van der Waals surface area contributed by atoms with Crippen molar-refractivity contribution in [3.05, 3.63) is 29.8 Å². The summed E-state index contributed by atoms with van der Waals surface area (Å²) in [7, 11) is 1.76. The number of para-hydroxylation sites is 1. The lowest BCUT2D eigenvalue weighted by Crippen LogP contribution is -2.33. The number of carbonyl (C=O) groups excluding carboxylic acids is 2. The van der Waals surface area contributed by atoms with Gasteiger partial charge in [-0.15, -0.1) is 0 Å². The van der Waals surface area contributed by atoms with Gasteiger partial charge in [-0.1, -0.05) is 18.2 Å². The van der Waals surface area contributed by atoms with Crippen molar-refractivity contribution < 1.29 is 14.3 Å². The van der Waals surface area contributed by atoms with Gasteiger partial charge in [-0.05, 0) is 13.0 Å². The van der Waals surface area contributed by atoms with Gasteiger partial charge in [0.1, 0.15) is 5.75 Å². The van der Waals surface area contributed by atoms with Crippen molar-refractivity contribution in [3.63, 3.8) is 0 Å². The van der Waals surface area contributed by atoms with E-state index in [4.69, 9.17) is 4.74 Å². The third kappa shape index (κ3) is 3.29. The number of hydrogen-bond acceptors (Lipinski definition) is 3. The fourth-order valence-corrected chi connectivity index (χ4v) is 2.36. The van der Waals surface area contributed by atoms with Crippen LogP contribution in [-0.4, -0.2) is 36.9 Å². The number of hydrogen-bond donors (Lipinski definition) is 1. The molecule has 0 saturated carbocycles. The van der Waals surface area contributed by atoms with Crippen molar-refractivity contribution in [2.45, 2.75) is 19.9 Å². The predicted molar refractivity (Wildman–Crippen MR) is 75.2 cm³/mol. The fraction of sp³-hybridized carbons (Fsp3) is 0.467. The Morgan fingerprint density at radius 1 is 1.45 bits per heavy atom. The van der Waals surface area contributed by atoms with E-state index in [1.807, 2.05) is 31.2 Å². The average Bonchev–Trinajstić information content (AvgIpc) is 2.87. The highest BCUT2D eigenvalue weighted by Crippen LogP contribution is 2.21. The largest absolute Gasteiger partial charge is 0.494 e. The Balaban J connectivity index is 2.02. The van der Waals surface area contributed by atoms with Crippen LogP contribution in [0.1, 0.15) is 18.9 Å². The minimum Gasteiger partial charge on any atom is -0.494 e. The minimum atomic E-state index is -0.244. The molecular formula is C15H20N2O3. The first-order valence-electron chi connectivity index (χ1n) is 6.84. The summed E-state index contributed by atoms with van der Waals surface area (Å²) in [5.41, 5.74) is 0.975. The Hall–Kier alpha value is -2.04. The Bertz CT molecular complexity index is 502. The molecule has 1 aromatic rings. The lowest BCUT2D eigenvalue weighted by atomic mass is 10.1. The molecule has 5 heteroatoms. The Morgan fingerprint density at radius 2 is 2.20 bits per heavy atom. The number of nitrogens with zero attached hydrogens (tertiary/aromatic N) is 1. The molecule has 0 spiro atoms. The molecule has 0 aromatic heterocycles. The highest BCUT2D eigenvalue weighted by molar-refractivity contribution is 5.89. The summed E-state index contributed by atoms with van der Waals surface area (Å²) in [4.78, 5) is 25.1. The van der Waals surface area contributed by atoms with E-state index in [0.29, 0.717) is 19.7 Å². The highest BCUT2D eigenvalue weighted by atomic mass is 16.5. The predicted octanol–water partition coefficient (Wildman–Crippen LogP) is 1.18. The van der Waals surface area contributed by atoms with Gasteiger partial charge in [0.25, 0.3) is 0 Å². The highest BCUT2D eigenvalue weighted by Gasteiger charge is 2.30. The van der Waals surface area contributed by atoms with Crippen LogP contribution in [0.3, 0.4) is 0 Å². The number of benzene rings is 1. The molecule has 1 atom stereocenters. The van der Waals surface area contributed by atoms with Crippen molar-refractivity contribution in [3.8, 4) is 5.75 Å². The number of amides is 2. The summed E-state index contributed by atoms with van der Waals surface area (Å²) < 4.78 is 5.56. The fourth-order valence-electron chi connectivity index (χ4n) is 2.36. The lowest BCUT2D eigenvalue weighted by molar-refractivity contribution is -0.135. The minimum absolute atomic E-state index is 0.00495. The third-order valence-electron chi connectivity index (χ3n) is 3.38. The number of rotatable bonds is 5. The number of ether oxygens (including phenoxy) is 1. The maximum atomic E-state index is 12.3. The molecule has 0 radical (unpaired) electrons.